The fraction of sp³-hybridized carbons (Fsp3) is 0.500. The van der Waals surface area contributed by atoms with Crippen LogP contribution in [0.1, 0.15) is 0 Å². The summed E-state index contributed by atoms with van der Waals surface area (Å²) in [6, 6.07) is 0. The summed E-state index contributed by atoms with van der Waals surface area (Å²) in [6.07, 6.45) is 1.30. The SMILES string of the molecule is Cn1cnc(N)c1S(=O)(=O)NCCOCC(N)=O. The molecule has 0 atom stereocenters. The molecule has 10 heteroatoms. The van der Waals surface area contributed by atoms with Gasteiger partial charge < -0.3 is 20.8 Å². The van der Waals surface area contributed by atoms with Crippen molar-refractivity contribution in [1.82, 2.24) is 14.3 Å². The van der Waals surface area contributed by atoms with Crippen molar-refractivity contribution in [3.05, 3.63) is 6.33 Å². The highest BCUT2D eigenvalue weighted by Gasteiger charge is 2.21. The number of rotatable bonds is 7. The summed E-state index contributed by atoms with van der Waals surface area (Å²) in [7, 11) is -2.23. The van der Waals surface area contributed by atoms with Gasteiger partial charge in [-0.05, 0) is 0 Å². The highest BCUT2D eigenvalue weighted by molar-refractivity contribution is 7.89. The Bertz CT molecular complexity index is 504. The molecule has 0 aliphatic rings. The zero-order valence-corrected chi connectivity index (χ0v) is 10.6. The van der Waals surface area contributed by atoms with Gasteiger partial charge in [0.2, 0.25) is 5.91 Å². The summed E-state index contributed by atoms with van der Waals surface area (Å²) in [5.41, 5.74) is 10.3. The molecule has 0 spiro atoms. The number of ether oxygens (including phenoxy) is 1. The molecule has 0 aliphatic heterocycles. The van der Waals surface area contributed by atoms with Crippen LogP contribution in [-0.4, -0.2) is 43.6 Å². The van der Waals surface area contributed by atoms with E-state index in [0.717, 1.165) is 0 Å². The second-order valence-corrected chi connectivity index (χ2v) is 5.14. The summed E-state index contributed by atoms with van der Waals surface area (Å²) < 4.78 is 32.0. The van der Waals surface area contributed by atoms with Crippen molar-refractivity contribution in [2.45, 2.75) is 5.03 Å². The van der Waals surface area contributed by atoms with Gasteiger partial charge >= 0.3 is 0 Å². The Balaban J connectivity index is 2.54. The summed E-state index contributed by atoms with van der Waals surface area (Å²) in [6.45, 7) is -0.226. The number of aromatic nitrogens is 2. The monoisotopic (exact) mass is 277 g/mol. The number of carbonyl (C=O) groups is 1. The Labute approximate surface area is 104 Å². The number of anilines is 1. The van der Waals surface area contributed by atoms with E-state index in [1.165, 1.54) is 17.9 Å². The van der Waals surface area contributed by atoms with Gasteiger partial charge in [-0.15, -0.1) is 0 Å². The third-order valence-corrected chi connectivity index (χ3v) is 3.54. The first-order chi connectivity index (χ1) is 8.34. The van der Waals surface area contributed by atoms with Crippen LogP contribution in [0.2, 0.25) is 0 Å². The molecule has 0 unspecified atom stereocenters. The number of carbonyl (C=O) groups excluding carboxylic acids is 1. The fourth-order valence-electron chi connectivity index (χ4n) is 1.25. The van der Waals surface area contributed by atoms with E-state index in [0.29, 0.717) is 0 Å². The van der Waals surface area contributed by atoms with Gasteiger partial charge in [-0.3, -0.25) is 4.79 Å². The molecule has 1 heterocycles. The lowest BCUT2D eigenvalue weighted by Crippen LogP contribution is -2.30. The second-order valence-electron chi connectivity index (χ2n) is 3.46. The quantitative estimate of drug-likeness (QED) is 0.482. The van der Waals surface area contributed by atoms with E-state index >= 15 is 0 Å². The standard InChI is InChI=1S/C8H15N5O4S/c1-13-5-11-7(10)8(13)18(15,16)12-2-3-17-4-6(9)14/h5,12H,2-4,10H2,1H3,(H2,9,14). The summed E-state index contributed by atoms with van der Waals surface area (Å²) in [5.74, 6) is -0.697. The predicted octanol–water partition coefficient (Wildman–Crippen LogP) is -2.22. The minimum absolute atomic E-state index is 0.000231. The van der Waals surface area contributed by atoms with E-state index in [4.69, 9.17) is 16.2 Å². The number of hydrogen-bond acceptors (Lipinski definition) is 6. The molecular weight excluding hydrogens is 262 g/mol. The molecular formula is C8H15N5O4S. The van der Waals surface area contributed by atoms with E-state index in [1.807, 2.05) is 0 Å². The number of nitrogens with zero attached hydrogens (tertiary/aromatic N) is 2. The van der Waals surface area contributed by atoms with Crippen LogP contribution in [-0.2, 0) is 26.6 Å². The van der Waals surface area contributed by atoms with Crippen LogP contribution in [0.5, 0.6) is 0 Å². The van der Waals surface area contributed by atoms with Crippen LogP contribution >= 0.6 is 0 Å². The van der Waals surface area contributed by atoms with Gasteiger partial charge in [0, 0.05) is 13.6 Å². The molecule has 1 rings (SSSR count). The third-order valence-electron chi connectivity index (χ3n) is 1.95. The number of hydrogen-bond donors (Lipinski definition) is 3. The Morgan fingerprint density at radius 2 is 2.28 bits per heavy atom. The van der Waals surface area contributed by atoms with Crippen LogP contribution in [0.4, 0.5) is 5.82 Å². The first kappa shape index (κ1) is 14.4. The van der Waals surface area contributed by atoms with Crippen LogP contribution in [0.15, 0.2) is 11.4 Å². The highest BCUT2D eigenvalue weighted by atomic mass is 32.2. The number of nitrogen functional groups attached to an aromatic ring is 1. The fourth-order valence-corrected chi connectivity index (χ4v) is 2.50. The summed E-state index contributed by atoms with van der Waals surface area (Å²) in [4.78, 5) is 14.0. The van der Waals surface area contributed by atoms with Gasteiger partial charge in [0.1, 0.15) is 6.61 Å². The first-order valence-corrected chi connectivity index (χ1v) is 6.45. The van der Waals surface area contributed by atoms with Gasteiger partial charge in [0.15, 0.2) is 10.8 Å². The van der Waals surface area contributed by atoms with E-state index in [2.05, 4.69) is 9.71 Å². The van der Waals surface area contributed by atoms with Crippen molar-refractivity contribution in [3.8, 4) is 0 Å². The molecule has 0 aliphatic carbocycles. The minimum atomic E-state index is -3.75. The lowest BCUT2D eigenvalue weighted by atomic mass is 10.6. The van der Waals surface area contributed by atoms with Gasteiger partial charge in [-0.25, -0.2) is 18.1 Å². The third kappa shape index (κ3) is 3.68. The molecule has 0 saturated carbocycles. The molecule has 0 aromatic carbocycles. The summed E-state index contributed by atoms with van der Waals surface area (Å²) in [5, 5.41) is -0.114. The van der Waals surface area contributed by atoms with Crippen LogP contribution in [0, 0.1) is 0 Å². The van der Waals surface area contributed by atoms with Crippen LogP contribution in [0.3, 0.4) is 0 Å². The average Bonchev–Trinajstić information content (AvgIpc) is 2.57. The largest absolute Gasteiger partial charge is 0.381 e. The van der Waals surface area contributed by atoms with Crippen molar-refractivity contribution >= 4 is 21.7 Å². The second kappa shape index (κ2) is 5.80. The van der Waals surface area contributed by atoms with Crippen molar-refractivity contribution < 1.29 is 17.9 Å². The Morgan fingerprint density at radius 3 is 2.78 bits per heavy atom. The number of amides is 1. The van der Waals surface area contributed by atoms with Gasteiger partial charge in [-0.2, -0.15) is 0 Å². The zero-order valence-electron chi connectivity index (χ0n) is 9.79. The maximum absolute atomic E-state index is 11.8. The van der Waals surface area contributed by atoms with Crippen molar-refractivity contribution in [2.24, 2.45) is 12.8 Å². The van der Waals surface area contributed by atoms with Gasteiger partial charge in [0.05, 0.1) is 12.9 Å². The van der Waals surface area contributed by atoms with Gasteiger partial charge in [0.25, 0.3) is 10.0 Å². The zero-order chi connectivity index (χ0) is 13.8. The molecule has 102 valence electrons. The maximum atomic E-state index is 11.8. The molecule has 1 amide bonds. The van der Waals surface area contributed by atoms with Crippen molar-refractivity contribution in [3.63, 3.8) is 0 Å². The number of imidazole rings is 1. The predicted molar refractivity (Wildman–Crippen MR) is 62.8 cm³/mol. The number of sulfonamides is 1. The number of nitrogens with one attached hydrogen (secondary N) is 1. The Morgan fingerprint density at radius 1 is 1.61 bits per heavy atom. The average molecular weight is 277 g/mol. The van der Waals surface area contributed by atoms with Crippen LogP contribution < -0.4 is 16.2 Å². The number of primary amides is 1. The number of nitrogens with two attached hydrogens (primary N) is 2. The van der Waals surface area contributed by atoms with Crippen molar-refractivity contribution in [1.29, 1.82) is 0 Å². The van der Waals surface area contributed by atoms with E-state index in [1.54, 1.807) is 0 Å². The van der Waals surface area contributed by atoms with Crippen molar-refractivity contribution in [2.75, 3.05) is 25.5 Å². The molecule has 0 bridgehead atoms. The number of aryl methyl sites for hydroxylation is 1. The molecule has 1 aromatic rings. The van der Waals surface area contributed by atoms with Gasteiger partial charge in [-0.1, -0.05) is 0 Å². The van der Waals surface area contributed by atoms with E-state index in [-0.39, 0.29) is 30.6 Å². The van der Waals surface area contributed by atoms with E-state index in [9.17, 15) is 13.2 Å². The van der Waals surface area contributed by atoms with E-state index < -0.39 is 15.9 Å². The first-order valence-electron chi connectivity index (χ1n) is 4.97. The molecule has 0 saturated heterocycles. The highest BCUT2D eigenvalue weighted by Crippen LogP contribution is 2.14. The van der Waals surface area contributed by atoms with Crippen LogP contribution in [0.25, 0.3) is 0 Å². The molecule has 9 nitrogen and oxygen atoms in total. The lowest BCUT2D eigenvalue weighted by Gasteiger charge is -2.07. The molecule has 0 fully saturated rings. The maximum Gasteiger partial charge on any atom is 0.260 e. The Kier molecular flexibility index (Phi) is 4.64. The summed E-state index contributed by atoms with van der Waals surface area (Å²) >= 11 is 0. The lowest BCUT2D eigenvalue weighted by molar-refractivity contribution is -0.122. The molecule has 1 aromatic heterocycles. The molecule has 18 heavy (non-hydrogen) atoms. The molecule has 5 N–H and O–H groups in total. The molecule has 0 radical (unpaired) electrons. The Hall–Kier alpha value is -1.65. The smallest absolute Gasteiger partial charge is 0.260 e. The normalized spacial score (nSPS) is 11.6. The topological polar surface area (TPSA) is 142 Å². The minimum Gasteiger partial charge on any atom is -0.381 e.